The Morgan fingerprint density at radius 2 is 2.12 bits per heavy atom. The van der Waals surface area contributed by atoms with Crippen LogP contribution >= 0.6 is 11.3 Å². The summed E-state index contributed by atoms with van der Waals surface area (Å²) in [5.41, 5.74) is 5.34. The summed E-state index contributed by atoms with van der Waals surface area (Å²) in [4.78, 5) is 4.38. The molecule has 1 N–H and O–H groups in total. The van der Waals surface area contributed by atoms with E-state index in [0.717, 1.165) is 11.3 Å². The van der Waals surface area contributed by atoms with Crippen molar-refractivity contribution in [1.82, 2.24) is 10.3 Å². The number of aryl methyl sites for hydroxylation is 1. The summed E-state index contributed by atoms with van der Waals surface area (Å²) < 4.78 is 11.4. The van der Waals surface area contributed by atoms with Gasteiger partial charge in [0.05, 0.1) is 17.7 Å². The summed E-state index contributed by atoms with van der Waals surface area (Å²) in [6.45, 7) is 1.98. The van der Waals surface area contributed by atoms with Crippen molar-refractivity contribution >= 4 is 22.7 Å². The van der Waals surface area contributed by atoms with Crippen LogP contribution in [0.3, 0.4) is 0 Å². The van der Waals surface area contributed by atoms with Crippen molar-refractivity contribution in [3.05, 3.63) is 59.4 Å². The van der Waals surface area contributed by atoms with Gasteiger partial charge >= 0.3 is 0 Å². The van der Waals surface area contributed by atoms with Crippen molar-refractivity contribution in [1.29, 1.82) is 0 Å². The highest BCUT2D eigenvalue weighted by molar-refractivity contribution is 7.14. The predicted molar refractivity (Wildman–Crippen MR) is 93.3 cm³/mol. The molecule has 0 aliphatic heterocycles. The highest BCUT2D eigenvalue weighted by atomic mass is 32.1. The molecule has 9 heteroatoms. The molecular formula is C17H13N5O3S. The number of hydrogen-bond acceptors (Lipinski definition) is 8. The highest BCUT2D eigenvalue weighted by Crippen LogP contribution is 2.28. The molecule has 0 saturated carbocycles. The molecule has 1 aromatic carbocycles. The van der Waals surface area contributed by atoms with Gasteiger partial charge in [0.15, 0.2) is 11.6 Å². The second-order valence-electron chi connectivity index (χ2n) is 5.38. The molecule has 0 fully saturated rings. The summed E-state index contributed by atoms with van der Waals surface area (Å²) in [7, 11) is 0. The Morgan fingerprint density at radius 3 is 2.88 bits per heavy atom. The lowest BCUT2D eigenvalue weighted by Crippen LogP contribution is -2.34. The highest BCUT2D eigenvalue weighted by Gasteiger charge is 2.24. The van der Waals surface area contributed by atoms with E-state index in [4.69, 9.17) is 8.94 Å². The predicted octanol–water partition coefficient (Wildman–Crippen LogP) is 2.50. The number of hydrazone groups is 1. The van der Waals surface area contributed by atoms with Gasteiger partial charge in [0.25, 0.3) is 5.69 Å². The average Bonchev–Trinajstić information content (AvgIpc) is 3.37. The summed E-state index contributed by atoms with van der Waals surface area (Å²) in [5, 5.41) is 22.3. The van der Waals surface area contributed by atoms with Crippen molar-refractivity contribution in [2.75, 3.05) is 5.43 Å². The molecule has 0 saturated heterocycles. The Labute approximate surface area is 152 Å². The van der Waals surface area contributed by atoms with Gasteiger partial charge in [-0.05, 0) is 23.7 Å². The zero-order valence-electron chi connectivity index (χ0n) is 13.6. The van der Waals surface area contributed by atoms with Crippen molar-refractivity contribution in [3.8, 4) is 23.0 Å². The lowest BCUT2D eigenvalue weighted by molar-refractivity contribution is -0.660. The normalized spacial score (nSPS) is 11.3. The zero-order chi connectivity index (χ0) is 17.9. The molecule has 3 aromatic heterocycles. The summed E-state index contributed by atoms with van der Waals surface area (Å²) in [6, 6.07) is 11.1. The van der Waals surface area contributed by atoms with Crippen LogP contribution in [0.4, 0.5) is 5.13 Å². The van der Waals surface area contributed by atoms with Crippen LogP contribution < -0.4 is 15.2 Å². The third-order valence-electron chi connectivity index (χ3n) is 3.53. The van der Waals surface area contributed by atoms with E-state index < -0.39 is 5.95 Å². The first-order valence-electron chi connectivity index (χ1n) is 7.65. The molecule has 0 amide bonds. The van der Waals surface area contributed by atoms with Crippen LogP contribution in [-0.2, 0) is 0 Å². The van der Waals surface area contributed by atoms with E-state index >= 15 is 0 Å². The van der Waals surface area contributed by atoms with E-state index in [0.29, 0.717) is 16.6 Å². The summed E-state index contributed by atoms with van der Waals surface area (Å²) >= 11 is 1.31. The van der Waals surface area contributed by atoms with Gasteiger partial charge in [-0.2, -0.15) is 5.10 Å². The van der Waals surface area contributed by atoms with Gasteiger partial charge in [0.1, 0.15) is 5.76 Å². The van der Waals surface area contributed by atoms with Crippen LogP contribution in [0.5, 0.6) is 5.95 Å². The number of anilines is 1. The minimum Gasteiger partial charge on any atom is -0.539 e. The Balaban J connectivity index is 1.59. The molecule has 0 aliphatic carbocycles. The number of aromatic nitrogens is 3. The van der Waals surface area contributed by atoms with E-state index in [1.54, 1.807) is 23.8 Å². The molecule has 130 valence electrons. The number of nitrogens with one attached hydrogen (secondary N) is 1. The molecule has 8 nitrogen and oxygen atoms in total. The number of benzene rings is 1. The molecule has 3 heterocycles. The van der Waals surface area contributed by atoms with E-state index in [1.807, 2.05) is 31.2 Å². The minimum absolute atomic E-state index is 0.258. The second kappa shape index (κ2) is 6.81. The van der Waals surface area contributed by atoms with Crippen LogP contribution in [0.2, 0.25) is 0 Å². The standard InChI is InChI=1S/C17H13N5O3S/c1-11-4-6-12(7-5-11)22-15(16(23)25-21-22)14-10-26-17(19-14)20-18-9-13-3-2-8-24-13/h2-10H,1H3,(H-,19,20,21,23)/b18-9+. The van der Waals surface area contributed by atoms with E-state index in [1.165, 1.54) is 22.2 Å². The second-order valence-corrected chi connectivity index (χ2v) is 6.24. The number of nitrogens with zero attached hydrogens (tertiary/aromatic N) is 4. The van der Waals surface area contributed by atoms with Gasteiger partial charge in [-0.3, -0.25) is 5.43 Å². The van der Waals surface area contributed by atoms with Crippen LogP contribution in [0, 0.1) is 6.92 Å². The zero-order valence-corrected chi connectivity index (χ0v) is 14.4. The number of rotatable bonds is 5. The number of thiazole rings is 1. The molecule has 0 aliphatic rings. The third-order valence-corrected chi connectivity index (χ3v) is 4.28. The van der Waals surface area contributed by atoms with Crippen molar-refractivity contribution in [2.24, 2.45) is 5.10 Å². The van der Waals surface area contributed by atoms with Gasteiger partial charge in [-0.1, -0.05) is 17.7 Å². The molecule has 0 bridgehead atoms. The Kier molecular flexibility index (Phi) is 4.20. The largest absolute Gasteiger partial charge is 0.539 e. The molecule has 0 spiro atoms. The van der Waals surface area contributed by atoms with Crippen molar-refractivity contribution < 1.29 is 18.7 Å². The quantitative estimate of drug-likeness (QED) is 0.330. The van der Waals surface area contributed by atoms with Crippen LogP contribution in [-0.4, -0.2) is 16.5 Å². The topological polar surface area (TPSA) is 103 Å². The smallest absolute Gasteiger partial charge is 0.289 e. The molecule has 0 atom stereocenters. The Hall–Kier alpha value is -3.46. The van der Waals surface area contributed by atoms with E-state index in [2.05, 4.69) is 20.8 Å². The van der Waals surface area contributed by atoms with E-state index in [9.17, 15) is 5.11 Å². The van der Waals surface area contributed by atoms with Crippen LogP contribution in [0.25, 0.3) is 17.1 Å². The first kappa shape index (κ1) is 16.0. The van der Waals surface area contributed by atoms with Gasteiger partial charge < -0.3 is 14.0 Å². The number of furan rings is 1. The maximum atomic E-state index is 12.1. The van der Waals surface area contributed by atoms with Gasteiger partial charge in [-0.15, -0.1) is 11.3 Å². The average molecular weight is 367 g/mol. The molecule has 4 aromatic rings. The van der Waals surface area contributed by atoms with Gasteiger partial charge in [-0.25, -0.2) is 4.98 Å². The Morgan fingerprint density at radius 1 is 1.27 bits per heavy atom. The summed E-state index contributed by atoms with van der Waals surface area (Å²) in [6.07, 6.45) is 3.10. The number of hydrogen-bond donors (Lipinski definition) is 1. The van der Waals surface area contributed by atoms with E-state index in [-0.39, 0.29) is 5.69 Å². The maximum absolute atomic E-state index is 12.1. The van der Waals surface area contributed by atoms with Gasteiger partial charge in [0, 0.05) is 17.5 Å². The first-order valence-corrected chi connectivity index (χ1v) is 8.53. The fraction of sp³-hybridized carbons (Fsp3) is 0.0588. The summed E-state index contributed by atoms with van der Waals surface area (Å²) in [5.74, 6) is 0.0638. The van der Waals surface area contributed by atoms with Gasteiger partial charge in [0.2, 0.25) is 10.8 Å². The molecule has 0 radical (unpaired) electrons. The molecule has 0 unspecified atom stereocenters. The Bertz CT molecular complexity index is 1030. The lowest BCUT2D eigenvalue weighted by atomic mass is 10.2. The third kappa shape index (κ3) is 3.20. The monoisotopic (exact) mass is 367 g/mol. The van der Waals surface area contributed by atoms with Crippen molar-refractivity contribution in [2.45, 2.75) is 6.92 Å². The fourth-order valence-electron chi connectivity index (χ4n) is 2.27. The lowest BCUT2D eigenvalue weighted by Gasteiger charge is -1.96. The van der Waals surface area contributed by atoms with Crippen LogP contribution in [0.1, 0.15) is 11.3 Å². The maximum Gasteiger partial charge on any atom is 0.289 e. The molecule has 26 heavy (non-hydrogen) atoms. The molecular weight excluding hydrogens is 354 g/mol. The van der Waals surface area contributed by atoms with Crippen LogP contribution in [0.15, 0.2) is 62.1 Å². The SMILES string of the molecule is Cc1ccc(-[n+]2noc([O-])c2-c2csc(N/N=C/c3ccco3)n2)cc1. The molecule has 4 rings (SSSR count). The fourth-order valence-corrected chi connectivity index (χ4v) is 2.92. The van der Waals surface area contributed by atoms with Crippen molar-refractivity contribution in [3.63, 3.8) is 0 Å². The first-order chi connectivity index (χ1) is 12.7. The minimum atomic E-state index is -0.554.